The van der Waals surface area contributed by atoms with E-state index in [1.807, 2.05) is 6.20 Å². The summed E-state index contributed by atoms with van der Waals surface area (Å²) in [5, 5.41) is 4.75. The number of rotatable bonds is 3. The lowest BCUT2D eigenvalue weighted by Gasteiger charge is -2.33. The zero-order valence-corrected chi connectivity index (χ0v) is 9.03. The predicted molar refractivity (Wildman–Crippen MR) is 55.9 cm³/mol. The van der Waals surface area contributed by atoms with Gasteiger partial charge in [0.15, 0.2) is 0 Å². The summed E-state index contributed by atoms with van der Waals surface area (Å²) >= 11 is 1.79. The molecular weight excluding hydrogens is 180 g/mol. The van der Waals surface area contributed by atoms with Gasteiger partial charge in [0.1, 0.15) is 5.01 Å². The van der Waals surface area contributed by atoms with Crippen LogP contribution in [-0.2, 0) is 6.54 Å². The Morgan fingerprint density at radius 3 is 2.92 bits per heavy atom. The molecule has 0 spiro atoms. The van der Waals surface area contributed by atoms with Crippen molar-refractivity contribution in [3.63, 3.8) is 0 Å². The van der Waals surface area contributed by atoms with Gasteiger partial charge in [-0.25, -0.2) is 4.98 Å². The third-order valence-corrected chi connectivity index (χ3v) is 3.50. The fourth-order valence-electron chi connectivity index (χ4n) is 1.78. The average Bonchev–Trinajstić information content (AvgIpc) is 2.43. The lowest BCUT2D eigenvalue weighted by molar-refractivity contribution is 0.240. The number of thiazole rings is 1. The summed E-state index contributed by atoms with van der Waals surface area (Å²) in [5.41, 5.74) is 0. The number of nitrogens with zero attached hydrogens (tertiary/aromatic N) is 1. The molecule has 2 rings (SSSR count). The summed E-state index contributed by atoms with van der Waals surface area (Å²) < 4.78 is 0. The zero-order chi connectivity index (χ0) is 9.26. The topological polar surface area (TPSA) is 24.9 Å². The molecule has 0 amide bonds. The van der Waals surface area contributed by atoms with Crippen LogP contribution in [0, 0.1) is 12.8 Å². The summed E-state index contributed by atoms with van der Waals surface area (Å²) in [5.74, 6) is 0.926. The summed E-state index contributed by atoms with van der Waals surface area (Å²) in [6.07, 6.45) is 4.62. The van der Waals surface area contributed by atoms with Gasteiger partial charge in [-0.05, 0) is 25.7 Å². The highest BCUT2D eigenvalue weighted by atomic mass is 32.1. The molecule has 1 aromatic rings. The lowest BCUT2D eigenvalue weighted by atomic mass is 9.82. The van der Waals surface area contributed by atoms with E-state index in [0.717, 1.165) is 18.5 Å². The SMILES string of the molecule is Cc1cnc(CNC2CC(C)C2)s1. The van der Waals surface area contributed by atoms with Crippen molar-refractivity contribution in [1.82, 2.24) is 10.3 Å². The minimum Gasteiger partial charge on any atom is -0.308 e. The molecule has 0 aliphatic heterocycles. The van der Waals surface area contributed by atoms with Gasteiger partial charge in [-0.15, -0.1) is 11.3 Å². The first kappa shape index (κ1) is 9.16. The van der Waals surface area contributed by atoms with E-state index >= 15 is 0 Å². The lowest BCUT2D eigenvalue weighted by Crippen LogP contribution is -2.39. The van der Waals surface area contributed by atoms with Crippen molar-refractivity contribution < 1.29 is 0 Å². The van der Waals surface area contributed by atoms with Crippen molar-refractivity contribution in [2.24, 2.45) is 5.92 Å². The van der Waals surface area contributed by atoms with Gasteiger partial charge < -0.3 is 5.32 Å². The van der Waals surface area contributed by atoms with Crippen LogP contribution in [0.1, 0.15) is 29.7 Å². The molecule has 0 bridgehead atoms. The van der Waals surface area contributed by atoms with E-state index in [2.05, 4.69) is 24.1 Å². The number of aryl methyl sites for hydroxylation is 1. The highest BCUT2D eigenvalue weighted by Crippen LogP contribution is 2.26. The minimum absolute atomic E-state index is 0.749. The van der Waals surface area contributed by atoms with Gasteiger partial charge in [0.25, 0.3) is 0 Å². The number of hydrogen-bond acceptors (Lipinski definition) is 3. The number of hydrogen-bond donors (Lipinski definition) is 1. The molecule has 1 saturated carbocycles. The Kier molecular flexibility index (Phi) is 2.65. The van der Waals surface area contributed by atoms with E-state index in [1.165, 1.54) is 22.7 Å². The first-order valence-electron chi connectivity index (χ1n) is 4.88. The Labute approximate surface area is 83.4 Å². The van der Waals surface area contributed by atoms with Gasteiger partial charge in [-0.1, -0.05) is 6.92 Å². The van der Waals surface area contributed by atoms with E-state index in [4.69, 9.17) is 0 Å². The molecular formula is C10H16N2S. The molecule has 0 unspecified atom stereocenters. The van der Waals surface area contributed by atoms with Crippen molar-refractivity contribution in [3.05, 3.63) is 16.1 Å². The Hall–Kier alpha value is -0.410. The monoisotopic (exact) mass is 196 g/mol. The summed E-state index contributed by atoms with van der Waals surface area (Å²) in [7, 11) is 0. The van der Waals surface area contributed by atoms with Crippen LogP contribution in [0.15, 0.2) is 6.20 Å². The van der Waals surface area contributed by atoms with Crippen LogP contribution in [0.4, 0.5) is 0 Å². The molecule has 0 radical (unpaired) electrons. The Morgan fingerprint density at radius 2 is 2.38 bits per heavy atom. The van der Waals surface area contributed by atoms with Crippen molar-refractivity contribution in [2.45, 2.75) is 39.3 Å². The van der Waals surface area contributed by atoms with Gasteiger partial charge in [0.05, 0.1) is 0 Å². The molecule has 1 fully saturated rings. The van der Waals surface area contributed by atoms with Crippen LogP contribution in [0.25, 0.3) is 0 Å². The first-order valence-corrected chi connectivity index (χ1v) is 5.70. The van der Waals surface area contributed by atoms with Crippen LogP contribution >= 0.6 is 11.3 Å². The number of aromatic nitrogens is 1. The molecule has 1 heterocycles. The molecule has 13 heavy (non-hydrogen) atoms. The van der Waals surface area contributed by atoms with Crippen LogP contribution in [-0.4, -0.2) is 11.0 Å². The summed E-state index contributed by atoms with van der Waals surface area (Å²) in [6.45, 7) is 5.37. The quantitative estimate of drug-likeness (QED) is 0.802. The molecule has 72 valence electrons. The van der Waals surface area contributed by atoms with E-state index in [1.54, 1.807) is 11.3 Å². The van der Waals surface area contributed by atoms with E-state index in [9.17, 15) is 0 Å². The van der Waals surface area contributed by atoms with E-state index in [0.29, 0.717) is 0 Å². The molecule has 1 aliphatic carbocycles. The van der Waals surface area contributed by atoms with Crippen LogP contribution in [0.3, 0.4) is 0 Å². The minimum atomic E-state index is 0.749. The third-order valence-electron chi connectivity index (χ3n) is 2.58. The molecule has 1 aromatic heterocycles. The smallest absolute Gasteiger partial charge is 0.107 e. The molecule has 2 nitrogen and oxygen atoms in total. The second-order valence-electron chi connectivity index (χ2n) is 4.02. The zero-order valence-electron chi connectivity index (χ0n) is 8.21. The summed E-state index contributed by atoms with van der Waals surface area (Å²) in [4.78, 5) is 5.63. The third kappa shape index (κ3) is 2.29. The molecule has 0 atom stereocenters. The van der Waals surface area contributed by atoms with E-state index in [-0.39, 0.29) is 0 Å². The largest absolute Gasteiger partial charge is 0.308 e. The van der Waals surface area contributed by atoms with Crippen LogP contribution in [0.5, 0.6) is 0 Å². The Balaban J connectivity index is 1.74. The van der Waals surface area contributed by atoms with Crippen LogP contribution < -0.4 is 5.32 Å². The van der Waals surface area contributed by atoms with Crippen molar-refractivity contribution in [1.29, 1.82) is 0 Å². The maximum Gasteiger partial charge on any atom is 0.107 e. The predicted octanol–water partition coefficient (Wildman–Crippen LogP) is 2.34. The summed E-state index contributed by atoms with van der Waals surface area (Å²) in [6, 6.07) is 0.749. The van der Waals surface area contributed by atoms with Crippen molar-refractivity contribution >= 4 is 11.3 Å². The molecule has 1 aliphatic rings. The fourth-order valence-corrected chi connectivity index (χ4v) is 2.52. The van der Waals surface area contributed by atoms with Crippen molar-refractivity contribution in [3.8, 4) is 0 Å². The normalized spacial score (nSPS) is 27.2. The maximum absolute atomic E-state index is 4.32. The Morgan fingerprint density at radius 1 is 1.62 bits per heavy atom. The van der Waals surface area contributed by atoms with E-state index < -0.39 is 0 Å². The van der Waals surface area contributed by atoms with Gasteiger partial charge in [-0.2, -0.15) is 0 Å². The van der Waals surface area contributed by atoms with Gasteiger partial charge in [0.2, 0.25) is 0 Å². The molecule has 3 heteroatoms. The Bertz CT molecular complexity index is 276. The fraction of sp³-hybridized carbons (Fsp3) is 0.700. The van der Waals surface area contributed by atoms with Gasteiger partial charge in [-0.3, -0.25) is 0 Å². The first-order chi connectivity index (χ1) is 6.24. The second kappa shape index (κ2) is 3.76. The highest BCUT2D eigenvalue weighted by Gasteiger charge is 2.24. The maximum atomic E-state index is 4.32. The molecule has 1 N–H and O–H groups in total. The van der Waals surface area contributed by atoms with Crippen LogP contribution in [0.2, 0.25) is 0 Å². The van der Waals surface area contributed by atoms with Gasteiger partial charge in [0, 0.05) is 23.7 Å². The highest BCUT2D eigenvalue weighted by molar-refractivity contribution is 7.11. The second-order valence-corrected chi connectivity index (χ2v) is 5.34. The standard InChI is InChI=1S/C10H16N2S/c1-7-3-9(4-7)11-6-10-12-5-8(2)13-10/h5,7,9,11H,3-4,6H2,1-2H3. The molecule has 0 aromatic carbocycles. The van der Waals surface area contributed by atoms with Gasteiger partial charge >= 0.3 is 0 Å². The number of nitrogens with one attached hydrogen (secondary N) is 1. The molecule has 0 saturated heterocycles. The van der Waals surface area contributed by atoms with Crippen molar-refractivity contribution in [2.75, 3.05) is 0 Å². The average molecular weight is 196 g/mol.